The lowest BCUT2D eigenvalue weighted by Gasteiger charge is -2.18. The lowest BCUT2D eigenvalue weighted by Crippen LogP contribution is -2.24. The Morgan fingerprint density at radius 2 is 2.47 bits per heavy atom. The summed E-state index contributed by atoms with van der Waals surface area (Å²) in [4.78, 5) is 6.69. The van der Waals surface area contributed by atoms with E-state index in [0.29, 0.717) is 5.92 Å². The quantitative estimate of drug-likeness (QED) is 0.826. The molecule has 1 aliphatic heterocycles. The van der Waals surface area contributed by atoms with Gasteiger partial charge in [0, 0.05) is 31.9 Å². The predicted octanol–water partition coefficient (Wildman–Crippen LogP) is 1.33. The summed E-state index contributed by atoms with van der Waals surface area (Å²) in [5.41, 5.74) is 1.22. The monoisotopic (exact) mass is 235 g/mol. The van der Waals surface area contributed by atoms with Crippen LogP contribution in [-0.4, -0.2) is 41.2 Å². The molecule has 94 valence electrons. The molecule has 0 amide bonds. The Morgan fingerprint density at radius 1 is 1.65 bits per heavy atom. The van der Waals surface area contributed by atoms with Crippen molar-refractivity contribution in [3.8, 4) is 0 Å². The van der Waals surface area contributed by atoms with Crippen LogP contribution in [0.1, 0.15) is 18.9 Å². The zero-order valence-electron chi connectivity index (χ0n) is 10.6. The van der Waals surface area contributed by atoms with Gasteiger partial charge in [0.2, 0.25) is 0 Å². The Bertz CT molecular complexity index is 367. The smallest absolute Gasteiger partial charge is 0.130 e. The molecule has 0 spiro atoms. The topological polar surface area (TPSA) is 48.4 Å². The number of aliphatic hydroxyl groups is 1. The van der Waals surface area contributed by atoms with Crippen LogP contribution in [0.2, 0.25) is 0 Å². The van der Waals surface area contributed by atoms with E-state index in [1.807, 2.05) is 20.0 Å². The fourth-order valence-electron chi connectivity index (χ4n) is 2.43. The third-order valence-electron chi connectivity index (χ3n) is 3.51. The van der Waals surface area contributed by atoms with E-state index in [9.17, 15) is 5.11 Å². The van der Waals surface area contributed by atoms with Crippen LogP contribution in [0.3, 0.4) is 0 Å². The number of likely N-dealkylation sites (tertiary alicyclic amines) is 1. The van der Waals surface area contributed by atoms with Gasteiger partial charge < -0.3 is 10.4 Å². The van der Waals surface area contributed by atoms with Crippen LogP contribution in [0.5, 0.6) is 0 Å². The number of pyridine rings is 1. The van der Waals surface area contributed by atoms with E-state index >= 15 is 0 Å². The number of rotatable bonds is 4. The van der Waals surface area contributed by atoms with Gasteiger partial charge in [0.05, 0.1) is 6.10 Å². The average Bonchev–Trinajstić information content (AvgIpc) is 2.78. The van der Waals surface area contributed by atoms with Gasteiger partial charge in [-0.2, -0.15) is 0 Å². The van der Waals surface area contributed by atoms with Gasteiger partial charge in [0.25, 0.3) is 0 Å². The van der Waals surface area contributed by atoms with E-state index < -0.39 is 0 Å². The molecule has 1 aliphatic rings. The van der Waals surface area contributed by atoms with Gasteiger partial charge in [-0.1, -0.05) is 6.07 Å². The second kappa shape index (κ2) is 5.47. The van der Waals surface area contributed by atoms with Crippen LogP contribution in [0, 0.1) is 5.92 Å². The predicted molar refractivity (Wildman–Crippen MR) is 68.8 cm³/mol. The first-order chi connectivity index (χ1) is 8.20. The SMILES string of the molecule is CNc1ncccc1CN1CCC(C(C)O)C1. The first-order valence-corrected chi connectivity index (χ1v) is 6.22. The summed E-state index contributed by atoms with van der Waals surface area (Å²) < 4.78 is 0. The molecule has 17 heavy (non-hydrogen) atoms. The minimum atomic E-state index is -0.197. The van der Waals surface area contributed by atoms with Gasteiger partial charge in [-0.3, -0.25) is 4.90 Å². The van der Waals surface area contributed by atoms with Gasteiger partial charge in [-0.25, -0.2) is 4.98 Å². The molecule has 4 nitrogen and oxygen atoms in total. The van der Waals surface area contributed by atoms with Gasteiger partial charge >= 0.3 is 0 Å². The maximum absolute atomic E-state index is 9.59. The Hall–Kier alpha value is -1.13. The molecule has 2 unspecified atom stereocenters. The Kier molecular flexibility index (Phi) is 3.97. The minimum absolute atomic E-state index is 0.197. The van der Waals surface area contributed by atoms with Crippen LogP contribution in [-0.2, 0) is 6.54 Å². The average molecular weight is 235 g/mol. The molecular weight excluding hydrogens is 214 g/mol. The largest absolute Gasteiger partial charge is 0.393 e. The summed E-state index contributed by atoms with van der Waals surface area (Å²) in [5, 5.41) is 12.7. The maximum atomic E-state index is 9.59. The van der Waals surface area contributed by atoms with Crippen molar-refractivity contribution < 1.29 is 5.11 Å². The highest BCUT2D eigenvalue weighted by Gasteiger charge is 2.26. The van der Waals surface area contributed by atoms with Gasteiger partial charge in [0.15, 0.2) is 0 Å². The Balaban J connectivity index is 1.98. The van der Waals surface area contributed by atoms with E-state index in [0.717, 1.165) is 31.9 Å². The van der Waals surface area contributed by atoms with Gasteiger partial charge in [-0.15, -0.1) is 0 Å². The molecule has 0 radical (unpaired) electrons. The molecule has 0 saturated carbocycles. The number of anilines is 1. The molecule has 0 aromatic carbocycles. The van der Waals surface area contributed by atoms with Crippen LogP contribution in [0.4, 0.5) is 5.82 Å². The minimum Gasteiger partial charge on any atom is -0.393 e. The Morgan fingerprint density at radius 3 is 3.12 bits per heavy atom. The third-order valence-corrected chi connectivity index (χ3v) is 3.51. The molecule has 0 bridgehead atoms. The fourth-order valence-corrected chi connectivity index (χ4v) is 2.43. The molecule has 2 heterocycles. The molecule has 1 fully saturated rings. The highest BCUT2D eigenvalue weighted by molar-refractivity contribution is 5.42. The van der Waals surface area contributed by atoms with Crippen molar-refractivity contribution >= 4 is 5.82 Å². The molecule has 1 aromatic heterocycles. The Labute approximate surface area is 103 Å². The van der Waals surface area contributed by atoms with E-state index in [-0.39, 0.29) is 6.10 Å². The van der Waals surface area contributed by atoms with Gasteiger partial charge in [0.1, 0.15) is 5.82 Å². The van der Waals surface area contributed by atoms with E-state index in [2.05, 4.69) is 21.3 Å². The van der Waals surface area contributed by atoms with Crippen molar-refractivity contribution in [3.63, 3.8) is 0 Å². The lowest BCUT2D eigenvalue weighted by atomic mass is 10.0. The molecule has 4 heteroatoms. The fraction of sp³-hybridized carbons (Fsp3) is 0.615. The number of hydrogen-bond donors (Lipinski definition) is 2. The molecule has 2 atom stereocenters. The summed E-state index contributed by atoms with van der Waals surface area (Å²) in [5.74, 6) is 1.37. The molecule has 1 saturated heterocycles. The zero-order chi connectivity index (χ0) is 12.3. The maximum Gasteiger partial charge on any atom is 0.130 e. The van der Waals surface area contributed by atoms with E-state index in [1.165, 1.54) is 5.56 Å². The number of nitrogens with zero attached hydrogens (tertiary/aromatic N) is 2. The van der Waals surface area contributed by atoms with E-state index in [4.69, 9.17) is 0 Å². The standard InChI is InChI=1S/C13H21N3O/c1-10(17)11-5-7-16(8-11)9-12-4-3-6-15-13(12)14-2/h3-4,6,10-11,17H,5,7-9H2,1-2H3,(H,14,15). The van der Waals surface area contributed by atoms with Crippen molar-refractivity contribution in [1.82, 2.24) is 9.88 Å². The first-order valence-electron chi connectivity index (χ1n) is 6.22. The first kappa shape index (κ1) is 12.3. The normalized spacial score (nSPS) is 22.6. The van der Waals surface area contributed by atoms with Gasteiger partial charge in [-0.05, 0) is 31.9 Å². The molecular formula is C13H21N3O. The zero-order valence-corrected chi connectivity index (χ0v) is 10.6. The number of hydrogen-bond acceptors (Lipinski definition) is 4. The van der Waals surface area contributed by atoms with Crippen LogP contribution >= 0.6 is 0 Å². The summed E-state index contributed by atoms with van der Waals surface area (Å²) in [6.45, 7) is 4.84. The second-order valence-electron chi connectivity index (χ2n) is 4.79. The molecule has 2 N–H and O–H groups in total. The van der Waals surface area contributed by atoms with Crippen LogP contribution < -0.4 is 5.32 Å². The summed E-state index contributed by atoms with van der Waals surface area (Å²) >= 11 is 0. The van der Waals surface area contributed by atoms with Crippen LogP contribution in [0.15, 0.2) is 18.3 Å². The highest BCUT2D eigenvalue weighted by atomic mass is 16.3. The second-order valence-corrected chi connectivity index (χ2v) is 4.79. The number of aliphatic hydroxyl groups excluding tert-OH is 1. The summed E-state index contributed by atoms with van der Waals surface area (Å²) in [6.07, 6.45) is 2.70. The molecule has 1 aromatic rings. The van der Waals surface area contributed by atoms with Crippen molar-refractivity contribution in [2.75, 3.05) is 25.5 Å². The number of nitrogens with one attached hydrogen (secondary N) is 1. The molecule has 0 aliphatic carbocycles. The number of aromatic nitrogens is 1. The summed E-state index contributed by atoms with van der Waals surface area (Å²) in [7, 11) is 1.90. The van der Waals surface area contributed by atoms with Crippen molar-refractivity contribution in [1.29, 1.82) is 0 Å². The van der Waals surface area contributed by atoms with Crippen molar-refractivity contribution in [3.05, 3.63) is 23.9 Å². The van der Waals surface area contributed by atoms with E-state index in [1.54, 1.807) is 6.20 Å². The summed E-state index contributed by atoms with van der Waals surface area (Å²) in [6, 6.07) is 4.08. The highest BCUT2D eigenvalue weighted by Crippen LogP contribution is 2.23. The van der Waals surface area contributed by atoms with Crippen LogP contribution in [0.25, 0.3) is 0 Å². The van der Waals surface area contributed by atoms with Crippen molar-refractivity contribution in [2.24, 2.45) is 5.92 Å². The van der Waals surface area contributed by atoms with Crippen molar-refractivity contribution in [2.45, 2.75) is 26.0 Å². The molecule has 2 rings (SSSR count). The lowest BCUT2D eigenvalue weighted by molar-refractivity contribution is 0.127. The third kappa shape index (κ3) is 2.96.